The second-order valence-corrected chi connectivity index (χ2v) is 5.98. The number of hydrogen-bond donors (Lipinski definition) is 2. The summed E-state index contributed by atoms with van der Waals surface area (Å²) in [7, 11) is 0. The van der Waals surface area contributed by atoms with Gasteiger partial charge < -0.3 is 10.4 Å². The number of para-hydroxylation sites is 2. The molecule has 0 unspecified atom stereocenters. The number of amides is 1. The molecule has 3 rings (SSSR count). The molecule has 102 valence electrons. The highest BCUT2D eigenvalue weighted by atomic mass is 79.9. The molecule has 1 aliphatic rings. The molecule has 1 aliphatic carbocycles. The van der Waals surface area contributed by atoms with E-state index in [9.17, 15) is 9.90 Å². The molecule has 0 spiro atoms. The summed E-state index contributed by atoms with van der Waals surface area (Å²) in [4.78, 5) is 12.5. The lowest BCUT2D eigenvalue weighted by Gasteiger charge is -2.16. The molecule has 0 saturated heterocycles. The van der Waals surface area contributed by atoms with Crippen LogP contribution < -0.4 is 5.32 Å². The van der Waals surface area contributed by atoms with Crippen molar-refractivity contribution in [2.75, 3.05) is 5.32 Å². The number of halogens is 1. The van der Waals surface area contributed by atoms with Crippen LogP contribution in [0.2, 0.25) is 0 Å². The van der Waals surface area contributed by atoms with Gasteiger partial charge in [-0.25, -0.2) is 0 Å². The topological polar surface area (TPSA) is 49.3 Å². The van der Waals surface area contributed by atoms with Gasteiger partial charge >= 0.3 is 0 Å². The highest BCUT2D eigenvalue weighted by molar-refractivity contribution is 9.10. The van der Waals surface area contributed by atoms with Crippen LogP contribution in [0.4, 0.5) is 5.69 Å². The largest absolute Gasteiger partial charge is 0.506 e. The Balaban J connectivity index is 1.84. The lowest BCUT2D eigenvalue weighted by atomic mass is 9.95. The first-order valence-electron chi connectivity index (χ1n) is 6.47. The molecule has 1 saturated carbocycles. The van der Waals surface area contributed by atoms with Gasteiger partial charge in [-0.3, -0.25) is 4.79 Å². The van der Waals surface area contributed by atoms with E-state index >= 15 is 0 Å². The van der Waals surface area contributed by atoms with E-state index in [0.717, 1.165) is 22.9 Å². The second kappa shape index (κ2) is 4.94. The summed E-state index contributed by atoms with van der Waals surface area (Å²) in [5.74, 6) is 0.0359. The van der Waals surface area contributed by atoms with Crippen molar-refractivity contribution in [3.8, 4) is 5.75 Å². The van der Waals surface area contributed by atoms with Crippen LogP contribution in [-0.4, -0.2) is 11.0 Å². The first-order valence-corrected chi connectivity index (χ1v) is 7.27. The molecule has 2 aromatic rings. The van der Waals surface area contributed by atoms with Gasteiger partial charge in [0.2, 0.25) is 5.91 Å². The number of rotatable bonds is 3. The molecule has 0 heterocycles. The summed E-state index contributed by atoms with van der Waals surface area (Å²) in [5.41, 5.74) is 1.04. The maximum atomic E-state index is 12.5. The zero-order chi connectivity index (χ0) is 14.2. The minimum absolute atomic E-state index is 0.0543. The molecular formula is C16H14BrNO2. The third-order valence-corrected chi connectivity index (χ3v) is 4.26. The molecule has 20 heavy (non-hydrogen) atoms. The van der Waals surface area contributed by atoms with Crippen molar-refractivity contribution in [2.45, 2.75) is 18.3 Å². The van der Waals surface area contributed by atoms with E-state index in [-0.39, 0.29) is 11.7 Å². The average Bonchev–Trinajstić information content (AvgIpc) is 3.24. The van der Waals surface area contributed by atoms with Gasteiger partial charge in [-0.15, -0.1) is 0 Å². The fourth-order valence-corrected chi connectivity index (χ4v) is 2.63. The second-order valence-electron chi connectivity index (χ2n) is 5.06. The average molecular weight is 332 g/mol. The maximum Gasteiger partial charge on any atom is 0.235 e. The summed E-state index contributed by atoms with van der Waals surface area (Å²) in [6.07, 6.45) is 1.68. The molecule has 0 aliphatic heterocycles. The monoisotopic (exact) mass is 331 g/mol. The van der Waals surface area contributed by atoms with Crippen LogP contribution in [0, 0.1) is 0 Å². The first kappa shape index (κ1) is 13.2. The van der Waals surface area contributed by atoms with Crippen LogP contribution in [0.3, 0.4) is 0 Å². The van der Waals surface area contributed by atoms with E-state index in [2.05, 4.69) is 21.2 Å². The SMILES string of the molecule is O=C(Nc1ccccc1O)C1(c2ccc(Br)cc2)CC1. The first-order chi connectivity index (χ1) is 9.62. The molecule has 1 amide bonds. The number of anilines is 1. The highest BCUT2D eigenvalue weighted by Gasteiger charge is 2.51. The van der Waals surface area contributed by atoms with Crippen LogP contribution in [0.5, 0.6) is 5.75 Å². The van der Waals surface area contributed by atoms with Crippen molar-refractivity contribution in [1.82, 2.24) is 0 Å². The number of carbonyl (C=O) groups excluding carboxylic acids is 1. The fourth-order valence-electron chi connectivity index (χ4n) is 2.36. The van der Waals surface area contributed by atoms with E-state index < -0.39 is 5.41 Å². The minimum atomic E-state index is -0.441. The Bertz CT molecular complexity index is 648. The summed E-state index contributed by atoms with van der Waals surface area (Å²) >= 11 is 3.40. The molecule has 4 heteroatoms. The van der Waals surface area contributed by atoms with Crippen LogP contribution in [0.15, 0.2) is 53.0 Å². The Morgan fingerprint density at radius 2 is 1.75 bits per heavy atom. The number of carbonyl (C=O) groups is 1. The molecule has 0 atom stereocenters. The van der Waals surface area contributed by atoms with Gasteiger partial charge in [0, 0.05) is 4.47 Å². The lowest BCUT2D eigenvalue weighted by Crippen LogP contribution is -2.27. The standard InChI is InChI=1S/C16H14BrNO2/c17-12-7-5-11(6-8-12)16(9-10-16)15(20)18-13-3-1-2-4-14(13)19/h1-8,19H,9-10H2,(H,18,20). The van der Waals surface area contributed by atoms with E-state index in [0.29, 0.717) is 5.69 Å². The van der Waals surface area contributed by atoms with Crippen molar-refractivity contribution >= 4 is 27.5 Å². The summed E-state index contributed by atoms with van der Waals surface area (Å²) < 4.78 is 0.998. The van der Waals surface area contributed by atoms with Gasteiger partial charge in [-0.2, -0.15) is 0 Å². The van der Waals surface area contributed by atoms with Gasteiger partial charge in [0.25, 0.3) is 0 Å². The number of nitrogens with one attached hydrogen (secondary N) is 1. The Morgan fingerprint density at radius 1 is 1.10 bits per heavy atom. The smallest absolute Gasteiger partial charge is 0.235 e. The summed E-state index contributed by atoms with van der Waals surface area (Å²) in [6, 6.07) is 14.6. The fraction of sp³-hybridized carbons (Fsp3) is 0.188. The third kappa shape index (κ3) is 2.31. The molecular weight excluding hydrogens is 318 g/mol. The number of hydrogen-bond acceptors (Lipinski definition) is 2. The summed E-state index contributed by atoms with van der Waals surface area (Å²) in [5, 5.41) is 12.6. The normalized spacial score (nSPS) is 15.7. The van der Waals surface area contributed by atoms with E-state index in [1.807, 2.05) is 24.3 Å². The van der Waals surface area contributed by atoms with Crippen LogP contribution in [-0.2, 0) is 10.2 Å². The summed E-state index contributed by atoms with van der Waals surface area (Å²) in [6.45, 7) is 0. The molecule has 3 nitrogen and oxygen atoms in total. The minimum Gasteiger partial charge on any atom is -0.506 e. The Labute approximate surface area is 125 Å². The van der Waals surface area contributed by atoms with Gasteiger partial charge in [0.05, 0.1) is 11.1 Å². The molecule has 0 radical (unpaired) electrons. The van der Waals surface area contributed by atoms with Crippen molar-refractivity contribution in [1.29, 1.82) is 0 Å². The predicted octanol–water partition coefficient (Wildman–Crippen LogP) is 3.83. The molecule has 0 aromatic heterocycles. The lowest BCUT2D eigenvalue weighted by molar-refractivity contribution is -0.118. The van der Waals surface area contributed by atoms with Gasteiger partial charge in [0.1, 0.15) is 5.75 Å². The van der Waals surface area contributed by atoms with E-state index in [4.69, 9.17) is 0 Å². The van der Waals surface area contributed by atoms with Crippen LogP contribution >= 0.6 is 15.9 Å². The van der Waals surface area contributed by atoms with E-state index in [1.54, 1.807) is 24.3 Å². The van der Waals surface area contributed by atoms with Crippen molar-refractivity contribution in [3.63, 3.8) is 0 Å². The number of phenols is 1. The van der Waals surface area contributed by atoms with Gasteiger partial charge in [-0.1, -0.05) is 40.2 Å². The van der Waals surface area contributed by atoms with Gasteiger partial charge in [0.15, 0.2) is 0 Å². The van der Waals surface area contributed by atoms with E-state index in [1.165, 1.54) is 0 Å². The number of benzene rings is 2. The van der Waals surface area contributed by atoms with Crippen LogP contribution in [0.25, 0.3) is 0 Å². The maximum absolute atomic E-state index is 12.5. The van der Waals surface area contributed by atoms with Crippen LogP contribution in [0.1, 0.15) is 18.4 Å². The quantitative estimate of drug-likeness (QED) is 0.840. The zero-order valence-corrected chi connectivity index (χ0v) is 12.4. The number of aromatic hydroxyl groups is 1. The molecule has 2 N–H and O–H groups in total. The van der Waals surface area contributed by atoms with Crippen molar-refractivity contribution in [2.24, 2.45) is 0 Å². The van der Waals surface area contributed by atoms with Crippen molar-refractivity contribution in [3.05, 3.63) is 58.6 Å². The Hall–Kier alpha value is -1.81. The molecule has 2 aromatic carbocycles. The predicted molar refractivity (Wildman–Crippen MR) is 81.8 cm³/mol. The highest BCUT2D eigenvalue weighted by Crippen LogP contribution is 2.49. The Kier molecular flexibility index (Phi) is 3.26. The zero-order valence-electron chi connectivity index (χ0n) is 10.8. The van der Waals surface area contributed by atoms with Gasteiger partial charge in [-0.05, 0) is 42.7 Å². The molecule has 0 bridgehead atoms. The molecule has 1 fully saturated rings. The van der Waals surface area contributed by atoms with Crippen molar-refractivity contribution < 1.29 is 9.90 Å². The third-order valence-electron chi connectivity index (χ3n) is 3.73. The number of phenolic OH excluding ortho intramolecular Hbond substituents is 1. The Morgan fingerprint density at radius 3 is 2.35 bits per heavy atom.